The van der Waals surface area contributed by atoms with Crippen LogP contribution in [-0.4, -0.2) is 110 Å². The maximum absolute atomic E-state index is 14.8. The molecule has 3 amide bonds. The van der Waals surface area contributed by atoms with Crippen LogP contribution in [-0.2, 0) is 38.3 Å². The highest BCUT2D eigenvalue weighted by atomic mass is 32.2. The number of nitrogens with zero attached hydrogens (tertiary/aromatic N) is 3. The number of nitrogens with one attached hydrogen (secondary N) is 2. The van der Waals surface area contributed by atoms with Gasteiger partial charge in [0, 0.05) is 38.0 Å². The fraction of sp³-hybridized carbons (Fsp3) is 0.667. The third kappa shape index (κ3) is 9.67. The van der Waals surface area contributed by atoms with E-state index in [0.29, 0.717) is 6.42 Å². The maximum Gasteiger partial charge on any atom is 0.408 e. The van der Waals surface area contributed by atoms with Gasteiger partial charge in [-0.05, 0) is 71.2 Å². The van der Waals surface area contributed by atoms with Gasteiger partial charge in [-0.3, -0.25) is 19.7 Å². The summed E-state index contributed by atoms with van der Waals surface area (Å²) in [5, 5.41) is 17.2. The molecule has 2 N–H and O–H groups in total. The molecule has 1 saturated carbocycles. The second kappa shape index (κ2) is 16.1. The quantitative estimate of drug-likeness (QED) is 0.125. The van der Waals surface area contributed by atoms with Crippen LogP contribution in [0.2, 0.25) is 18.1 Å². The van der Waals surface area contributed by atoms with Gasteiger partial charge in [-0.2, -0.15) is 4.31 Å². The Kier molecular flexibility index (Phi) is 12.8. The van der Waals surface area contributed by atoms with Crippen molar-refractivity contribution in [3.63, 3.8) is 0 Å². The lowest BCUT2D eigenvalue weighted by atomic mass is 10.1. The van der Waals surface area contributed by atoms with Crippen LogP contribution in [0.4, 0.5) is 10.5 Å². The molecule has 1 unspecified atom stereocenters. The minimum Gasteiger partial charge on any atom is -0.464 e. The number of rotatable bonds is 8. The summed E-state index contributed by atoms with van der Waals surface area (Å²) < 4.78 is 47.1. The van der Waals surface area contributed by atoms with Crippen LogP contribution in [0.15, 0.2) is 41.3 Å². The van der Waals surface area contributed by atoms with Crippen LogP contribution in [0.3, 0.4) is 0 Å². The van der Waals surface area contributed by atoms with Crippen LogP contribution in [0.5, 0.6) is 0 Å². The molecule has 3 aliphatic rings. The van der Waals surface area contributed by atoms with E-state index in [1.165, 1.54) is 17.0 Å². The van der Waals surface area contributed by atoms with Crippen molar-refractivity contribution in [2.24, 2.45) is 5.92 Å². The molecule has 2 aliphatic heterocycles. The maximum atomic E-state index is 14.8. The lowest BCUT2D eigenvalue weighted by Gasteiger charge is -2.38. The number of nitro benzene ring substituents is 1. The molecule has 1 aliphatic carbocycles. The van der Waals surface area contributed by atoms with Crippen molar-refractivity contribution >= 4 is 47.9 Å². The number of para-hydroxylation sites is 1. The zero-order valence-corrected chi connectivity index (χ0v) is 34.5. The first-order chi connectivity index (χ1) is 24.9. The molecular formula is C36H55N5O11SSi. The number of amides is 3. The predicted octanol–water partition coefficient (Wildman–Crippen LogP) is 4.26. The molecule has 54 heavy (non-hydrogen) atoms. The van der Waals surface area contributed by atoms with Gasteiger partial charge in [0.1, 0.15) is 23.2 Å². The third-order valence-corrected chi connectivity index (χ3v) is 16.8. The smallest absolute Gasteiger partial charge is 0.408 e. The van der Waals surface area contributed by atoms with Crippen molar-refractivity contribution in [1.29, 1.82) is 0 Å². The number of carbonyl (C=O) groups is 4. The zero-order chi connectivity index (χ0) is 40.4. The summed E-state index contributed by atoms with van der Waals surface area (Å²) in [5.74, 6) is -2.43. The average molecular weight is 794 g/mol. The molecule has 0 bridgehead atoms. The van der Waals surface area contributed by atoms with Gasteiger partial charge in [-0.15, -0.1) is 0 Å². The first-order valence-corrected chi connectivity index (χ1v) is 22.7. The number of sulfonamides is 1. The number of fused-ring (bicyclic) bond motifs is 2. The molecule has 1 saturated heterocycles. The largest absolute Gasteiger partial charge is 0.464 e. The standard InChI is InChI=1S/C36H55N5O11SSi/c1-10-50-32(44)36-21-24(36)16-12-11-15-19-39(53(48,49)29-18-14-13-17-27(29)41(46)47)23-26(37-33(45)51-34(2,3)4)31(43)40-22-25(20-28(40)30(42)38-36)52-54(8,9)35(5,6)7/h12-14,16-18,24-26,28H,10-11,15,19-23H2,1-9H3,(H,37,45)(H,38,42)/b16-12-/t24-,25-,26?,28+,36-/m1/s1. The number of ether oxygens (including phenoxy) is 2. The Morgan fingerprint density at radius 3 is 2.39 bits per heavy atom. The number of hydrogen-bond acceptors (Lipinski definition) is 11. The Labute approximate surface area is 318 Å². The van der Waals surface area contributed by atoms with E-state index in [9.17, 15) is 37.7 Å². The second-order valence-corrected chi connectivity index (χ2v) is 23.3. The minimum atomic E-state index is -4.65. The van der Waals surface area contributed by atoms with Crippen LogP contribution in [0.25, 0.3) is 0 Å². The monoisotopic (exact) mass is 793 g/mol. The van der Waals surface area contributed by atoms with E-state index in [0.717, 1.165) is 16.4 Å². The molecule has 5 atom stereocenters. The molecule has 2 heterocycles. The van der Waals surface area contributed by atoms with Crippen LogP contribution in [0.1, 0.15) is 74.1 Å². The zero-order valence-electron chi connectivity index (χ0n) is 32.7. The van der Waals surface area contributed by atoms with E-state index >= 15 is 0 Å². The molecule has 4 rings (SSSR count). The average Bonchev–Trinajstić information content (AvgIpc) is 3.58. The SMILES string of the molecule is CCOC(=O)[C@@]12C[C@H]1/C=C\CCCN(S(=O)(=O)c1ccccc1[N+](=O)[O-])CC(NC(=O)OC(C)(C)C)C(=O)N1C[C@H](O[Si](C)(C)C(C)(C)C)C[C@H]1C(=O)N2. The Bertz CT molecular complexity index is 1760. The van der Waals surface area contributed by atoms with E-state index in [1.807, 2.05) is 13.1 Å². The highest BCUT2D eigenvalue weighted by Gasteiger charge is 2.62. The Hall–Kier alpha value is -3.87. The summed E-state index contributed by atoms with van der Waals surface area (Å²) in [6, 6.07) is 2.13. The van der Waals surface area contributed by atoms with Crippen molar-refractivity contribution in [2.45, 2.75) is 127 Å². The van der Waals surface area contributed by atoms with Gasteiger partial charge in [0.15, 0.2) is 13.2 Å². The summed E-state index contributed by atoms with van der Waals surface area (Å²) in [7, 11) is -7.10. The summed E-state index contributed by atoms with van der Waals surface area (Å²) in [6.45, 7) is 16.0. The van der Waals surface area contributed by atoms with E-state index in [1.54, 1.807) is 39.8 Å². The highest BCUT2D eigenvalue weighted by Crippen LogP contribution is 2.46. The number of alkyl carbamates (subject to hydrolysis) is 1. The summed E-state index contributed by atoms with van der Waals surface area (Å²) in [4.78, 5) is 67.6. The Morgan fingerprint density at radius 2 is 1.78 bits per heavy atom. The first-order valence-electron chi connectivity index (χ1n) is 18.3. The van der Waals surface area contributed by atoms with Gasteiger partial charge in [0.05, 0.1) is 17.6 Å². The normalized spacial score (nSPS) is 26.6. The summed E-state index contributed by atoms with van der Waals surface area (Å²) >= 11 is 0. The number of carbonyl (C=O) groups excluding carboxylic acids is 4. The van der Waals surface area contributed by atoms with Crippen LogP contribution in [0, 0.1) is 16.0 Å². The topological polar surface area (TPSA) is 204 Å². The summed E-state index contributed by atoms with van der Waals surface area (Å²) in [6.07, 6.45) is 2.81. The molecular weight excluding hydrogens is 739 g/mol. The highest BCUT2D eigenvalue weighted by molar-refractivity contribution is 7.89. The van der Waals surface area contributed by atoms with Crippen molar-refractivity contribution in [3.05, 3.63) is 46.5 Å². The van der Waals surface area contributed by atoms with Crippen molar-refractivity contribution in [2.75, 3.05) is 26.2 Å². The number of hydrogen-bond donors (Lipinski definition) is 2. The number of esters is 1. The van der Waals surface area contributed by atoms with Gasteiger partial charge in [0.25, 0.3) is 5.69 Å². The third-order valence-electron chi connectivity index (χ3n) is 10.3. The predicted molar refractivity (Wildman–Crippen MR) is 201 cm³/mol. The molecule has 2 fully saturated rings. The molecule has 16 nitrogen and oxygen atoms in total. The van der Waals surface area contributed by atoms with Gasteiger partial charge < -0.3 is 29.4 Å². The van der Waals surface area contributed by atoms with E-state index in [-0.39, 0.29) is 44.0 Å². The van der Waals surface area contributed by atoms with E-state index < -0.39 is 99.5 Å². The second-order valence-electron chi connectivity index (χ2n) is 16.6. The minimum absolute atomic E-state index is 0.0669. The fourth-order valence-corrected chi connectivity index (χ4v) is 9.45. The molecule has 0 aromatic heterocycles. The number of allylic oxidation sites excluding steroid dienone is 1. The van der Waals surface area contributed by atoms with Gasteiger partial charge in [0.2, 0.25) is 21.8 Å². The molecule has 0 spiro atoms. The van der Waals surface area contributed by atoms with E-state index in [4.69, 9.17) is 13.9 Å². The molecule has 0 radical (unpaired) electrons. The number of benzene rings is 1. The Morgan fingerprint density at radius 1 is 1.11 bits per heavy atom. The van der Waals surface area contributed by atoms with Crippen LogP contribution < -0.4 is 10.6 Å². The molecule has 1 aromatic carbocycles. The van der Waals surface area contributed by atoms with Crippen molar-refractivity contribution < 1.29 is 46.4 Å². The van der Waals surface area contributed by atoms with E-state index in [2.05, 4.69) is 31.4 Å². The summed E-state index contributed by atoms with van der Waals surface area (Å²) in [5.41, 5.74) is -3.00. The van der Waals surface area contributed by atoms with Crippen molar-refractivity contribution in [3.8, 4) is 0 Å². The molecule has 18 heteroatoms. The Balaban J connectivity index is 1.84. The number of nitro groups is 1. The van der Waals surface area contributed by atoms with Crippen LogP contribution >= 0.6 is 0 Å². The fourth-order valence-electron chi connectivity index (χ4n) is 6.44. The van der Waals surface area contributed by atoms with Crippen molar-refractivity contribution in [1.82, 2.24) is 19.8 Å². The van der Waals surface area contributed by atoms with Gasteiger partial charge >= 0.3 is 12.1 Å². The van der Waals surface area contributed by atoms with Gasteiger partial charge in [-0.1, -0.05) is 45.1 Å². The molecule has 300 valence electrons. The van der Waals surface area contributed by atoms with Gasteiger partial charge in [-0.25, -0.2) is 18.0 Å². The molecule has 1 aromatic rings. The lowest BCUT2D eigenvalue weighted by molar-refractivity contribution is -0.387. The first kappa shape index (κ1) is 42.9. The lowest BCUT2D eigenvalue weighted by Crippen LogP contribution is -2.59.